The first kappa shape index (κ1) is 13.3. The van der Waals surface area contributed by atoms with Gasteiger partial charge >= 0.3 is 11.9 Å². The van der Waals surface area contributed by atoms with Crippen LogP contribution < -0.4 is 0 Å². The molecule has 0 aromatic rings. The van der Waals surface area contributed by atoms with Crippen LogP contribution in [-0.2, 0) is 35.8 Å². The quantitative estimate of drug-likeness (QED) is 0.449. The minimum atomic E-state index is -2.27. The molecule has 62 valence electrons. The summed E-state index contributed by atoms with van der Waals surface area (Å²) in [4.78, 5) is 19.5. The first-order chi connectivity index (χ1) is 4.46. The Kier molecular flexibility index (Phi) is 6.55. The molecule has 0 fully saturated rings. The van der Waals surface area contributed by atoms with Gasteiger partial charge in [-0.1, -0.05) is 0 Å². The molecule has 0 aliphatic carbocycles. The predicted molar refractivity (Wildman–Crippen MR) is 27.3 cm³/mol. The maximum atomic E-state index is 9.77. The summed E-state index contributed by atoms with van der Waals surface area (Å²) in [5, 5.41) is 32.5. The van der Waals surface area contributed by atoms with E-state index >= 15 is 0 Å². The Morgan fingerprint density at radius 3 is 1.18 bits per heavy atom. The van der Waals surface area contributed by atoms with E-state index in [0.29, 0.717) is 0 Å². The van der Waals surface area contributed by atoms with Gasteiger partial charge in [-0.2, -0.15) is 0 Å². The fourth-order valence-corrected chi connectivity index (χ4v) is 0.270. The summed E-state index contributed by atoms with van der Waals surface area (Å²) in [7, 11) is 0. The molecular formula is C4H6O6Zr. The van der Waals surface area contributed by atoms with Crippen molar-refractivity contribution in [2.45, 2.75) is 12.2 Å². The molecule has 0 saturated heterocycles. The van der Waals surface area contributed by atoms with Gasteiger partial charge in [0.2, 0.25) is 0 Å². The second-order valence-corrected chi connectivity index (χ2v) is 1.57. The van der Waals surface area contributed by atoms with Crippen LogP contribution in [-0.4, -0.2) is 44.6 Å². The van der Waals surface area contributed by atoms with Crippen molar-refractivity contribution in [3.05, 3.63) is 0 Å². The zero-order valence-electron chi connectivity index (χ0n) is 5.26. The minimum absolute atomic E-state index is 0. The Bertz CT molecular complexity index is 139. The number of aliphatic hydroxyl groups is 2. The Balaban J connectivity index is 0. The number of aliphatic hydroxyl groups excluding tert-OH is 2. The molecule has 7 heteroatoms. The Hall–Kier alpha value is -0.257. The predicted octanol–water partition coefficient (Wildman–Crippen LogP) is -2.13. The van der Waals surface area contributed by atoms with E-state index in [1.807, 2.05) is 0 Å². The van der Waals surface area contributed by atoms with E-state index in [1.165, 1.54) is 0 Å². The van der Waals surface area contributed by atoms with Crippen LogP contribution in [0.25, 0.3) is 0 Å². The molecule has 0 saturated carbocycles. The van der Waals surface area contributed by atoms with Crippen LogP contribution in [0.3, 0.4) is 0 Å². The van der Waals surface area contributed by atoms with Gasteiger partial charge in [-0.3, -0.25) is 0 Å². The number of rotatable bonds is 3. The molecule has 0 rings (SSSR count). The van der Waals surface area contributed by atoms with Gasteiger partial charge in [0, 0.05) is 26.2 Å². The van der Waals surface area contributed by atoms with Crippen molar-refractivity contribution in [1.29, 1.82) is 0 Å². The normalized spacial score (nSPS) is 14.4. The Labute approximate surface area is 80.6 Å². The molecule has 0 bridgehead atoms. The summed E-state index contributed by atoms with van der Waals surface area (Å²) in [5.74, 6) is -3.54. The number of hydrogen-bond acceptors (Lipinski definition) is 4. The first-order valence-corrected chi connectivity index (χ1v) is 2.28. The van der Waals surface area contributed by atoms with Crippen molar-refractivity contribution in [2.75, 3.05) is 0 Å². The fourth-order valence-electron chi connectivity index (χ4n) is 0.270. The average Bonchev–Trinajstić information content (AvgIpc) is 1.84. The number of carboxylic acid groups (broad SMARTS) is 2. The summed E-state index contributed by atoms with van der Waals surface area (Å²) >= 11 is 0. The van der Waals surface area contributed by atoms with Crippen molar-refractivity contribution < 1.29 is 56.2 Å². The third kappa shape index (κ3) is 4.24. The molecule has 0 spiro atoms. The third-order valence-corrected chi connectivity index (χ3v) is 0.805. The van der Waals surface area contributed by atoms with Gasteiger partial charge in [-0.15, -0.1) is 0 Å². The van der Waals surface area contributed by atoms with Gasteiger partial charge < -0.3 is 20.4 Å². The van der Waals surface area contributed by atoms with Gasteiger partial charge in [-0.25, -0.2) is 9.59 Å². The number of carboxylic acids is 2. The van der Waals surface area contributed by atoms with Gasteiger partial charge in [0.05, 0.1) is 0 Å². The monoisotopic (exact) mass is 240 g/mol. The summed E-state index contributed by atoms with van der Waals surface area (Å²) in [6.45, 7) is 0. The maximum absolute atomic E-state index is 9.77. The van der Waals surface area contributed by atoms with Crippen molar-refractivity contribution in [3.63, 3.8) is 0 Å². The summed E-state index contributed by atoms with van der Waals surface area (Å²) < 4.78 is 0. The van der Waals surface area contributed by atoms with E-state index < -0.39 is 24.1 Å². The van der Waals surface area contributed by atoms with Gasteiger partial charge in [0.25, 0.3) is 0 Å². The van der Waals surface area contributed by atoms with E-state index in [1.54, 1.807) is 0 Å². The zero-order valence-corrected chi connectivity index (χ0v) is 7.72. The molecule has 4 N–H and O–H groups in total. The number of carbonyl (C=O) groups is 2. The second-order valence-electron chi connectivity index (χ2n) is 1.57. The van der Waals surface area contributed by atoms with Crippen LogP contribution in [0.2, 0.25) is 0 Å². The van der Waals surface area contributed by atoms with Crippen LogP contribution in [0.4, 0.5) is 0 Å². The molecule has 0 radical (unpaired) electrons. The number of aliphatic carboxylic acids is 2. The molecule has 0 aliphatic rings. The van der Waals surface area contributed by atoms with Crippen molar-refractivity contribution >= 4 is 11.9 Å². The van der Waals surface area contributed by atoms with E-state index in [2.05, 4.69) is 0 Å². The first-order valence-electron chi connectivity index (χ1n) is 2.28. The summed E-state index contributed by atoms with van der Waals surface area (Å²) in [6.07, 6.45) is -4.53. The van der Waals surface area contributed by atoms with Gasteiger partial charge in [0.1, 0.15) is 0 Å². The third-order valence-electron chi connectivity index (χ3n) is 0.805. The molecule has 0 aromatic heterocycles. The molecule has 0 heterocycles. The van der Waals surface area contributed by atoms with E-state index in [-0.39, 0.29) is 26.2 Å². The van der Waals surface area contributed by atoms with Crippen LogP contribution in [0.15, 0.2) is 0 Å². The van der Waals surface area contributed by atoms with Gasteiger partial charge in [-0.05, 0) is 0 Å². The average molecular weight is 241 g/mol. The molecule has 0 aliphatic heterocycles. The minimum Gasteiger partial charge on any atom is -0.479 e. The molecule has 2 unspecified atom stereocenters. The number of hydrogen-bond donors (Lipinski definition) is 4. The molecule has 11 heavy (non-hydrogen) atoms. The maximum Gasteiger partial charge on any atom is 0.335 e. The van der Waals surface area contributed by atoms with Gasteiger partial charge in [0.15, 0.2) is 12.2 Å². The molecular weight excluding hydrogens is 235 g/mol. The van der Waals surface area contributed by atoms with E-state index in [9.17, 15) is 9.59 Å². The standard InChI is InChI=1S/C4H6O6.Zr/c5-1(3(7)8)2(6)4(9)10;/h1-2,5-6H,(H,7,8)(H,9,10);. The molecule has 0 amide bonds. The summed E-state index contributed by atoms with van der Waals surface area (Å²) in [6, 6.07) is 0. The smallest absolute Gasteiger partial charge is 0.335 e. The van der Waals surface area contributed by atoms with Crippen LogP contribution in [0, 0.1) is 0 Å². The largest absolute Gasteiger partial charge is 0.479 e. The summed E-state index contributed by atoms with van der Waals surface area (Å²) in [5.41, 5.74) is 0. The Morgan fingerprint density at radius 1 is 0.909 bits per heavy atom. The molecule has 2 atom stereocenters. The van der Waals surface area contributed by atoms with E-state index in [4.69, 9.17) is 20.4 Å². The second kappa shape index (κ2) is 5.40. The van der Waals surface area contributed by atoms with Crippen molar-refractivity contribution in [1.82, 2.24) is 0 Å². The van der Waals surface area contributed by atoms with Crippen molar-refractivity contribution in [2.24, 2.45) is 0 Å². The fraction of sp³-hybridized carbons (Fsp3) is 0.500. The molecule has 6 nitrogen and oxygen atoms in total. The van der Waals surface area contributed by atoms with Crippen LogP contribution in [0.5, 0.6) is 0 Å². The van der Waals surface area contributed by atoms with Crippen LogP contribution in [0.1, 0.15) is 0 Å². The molecule has 0 aromatic carbocycles. The Morgan fingerprint density at radius 2 is 1.09 bits per heavy atom. The van der Waals surface area contributed by atoms with Crippen molar-refractivity contribution in [3.8, 4) is 0 Å². The van der Waals surface area contributed by atoms with Crippen LogP contribution >= 0.6 is 0 Å². The SMILES string of the molecule is O=C(O)C(O)C(O)C(=O)O.[Zr]. The topological polar surface area (TPSA) is 115 Å². The van der Waals surface area contributed by atoms with E-state index in [0.717, 1.165) is 0 Å². The zero-order chi connectivity index (χ0) is 8.31.